The highest BCUT2D eigenvalue weighted by molar-refractivity contribution is 7.91. The van der Waals surface area contributed by atoms with Gasteiger partial charge in [-0.2, -0.15) is 0 Å². The number of fused-ring (bicyclic) bond motifs is 3. The number of nitrogens with zero attached hydrogens (tertiary/aromatic N) is 2. The van der Waals surface area contributed by atoms with Crippen molar-refractivity contribution in [1.29, 1.82) is 0 Å². The van der Waals surface area contributed by atoms with Crippen molar-refractivity contribution in [3.05, 3.63) is 53.6 Å². The summed E-state index contributed by atoms with van der Waals surface area (Å²) in [4.78, 5) is 70.9. The van der Waals surface area contributed by atoms with Crippen LogP contribution < -0.4 is 15.4 Å². The molecule has 4 bridgehead atoms. The number of amides is 5. The summed E-state index contributed by atoms with van der Waals surface area (Å²) in [6.07, 6.45) is 4.32. The van der Waals surface area contributed by atoms with Gasteiger partial charge in [0.25, 0.3) is 5.91 Å². The van der Waals surface area contributed by atoms with Crippen molar-refractivity contribution in [2.75, 3.05) is 13.2 Å². The van der Waals surface area contributed by atoms with Crippen LogP contribution in [0, 0.1) is 11.3 Å². The summed E-state index contributed by atoms with van der Waals surface area (Å²) in [6, 6.07) is 3.44. The Balaban J connectivity index is 1.28. The van der Waals surface area contributed by atoms with E-state index in [0.29, 0.717) is 32.4 Å². The van der Waals surface area contributed by atoms with Crippen molar-refractivity contribution in [2.45, 2.75) is 94.9 Å². The van der Waals surface area contributed by atoms with Gasteiger partial charge in [-0.25, -0.2) is 18.0 Å². The van der Waals surface area contributed by atoms with Crippen LogP contribution in [-0.2, 0) is 47.0 Å². The molecule has 14 nitrogen and oxygen atoms in total. The van der Waals surface area contributed by atoms with Crippen LogP contribution in [0.2, 0.25) is 0 Å². The van der Waals surface area contributed by atoms with Gasteiger partial charge in [0, 0.05) is 18.9 Å². The maximum atomic E-state index is 14.3. The highest BCUT2D eigenvalue weighted by Crippen LogP contribution is 2.45. The average Bonchev–Trinajstić information content (AvgIpc) is 3.92. The summed E-state index contributed by atoms with van der Waals surface area (Å²) < 4.78 is 38.6. The Morgan fingerprint density at radius 2 is 1.90 bits per heavy atom. The molecule has 3 fully saturated rings. The average molecular weight is 698 g/mol. The molecule has 3 N–H and O–H groups in total. The molecule has 49 heavy (non-hydrogen) atoms. The van der Waals surface area contributed by atoms with E-state index in [1.165, 1.54) is 11.0 Å². The molecular weight excluding hydrogens is 654 g/mol. The van der Waals surface area contributed by atoms with E-state index in [-0.39, 0.29) is 26.0 Å². The molecular formula is C34H43N5O9S. The predicted molar refractivity (Wildman–Crippen MR) is 177 cm³/mol. The Morgan fingerprint density at radius 3 is 2.57 bits per heavy atom. The van der Waals surface area contributed by atoms with E-state index in [4.69, 9.17) is 9.47 Å². The first-order valence-electron chi connectivity index (χ1n) is 16.6. The van der Waals surface area contributed by atoms with E-state index in [0.717, 1.165) is 16.7 Å². The van der Waals surface area contributed by atoms with Gasteiger partial charge in [0.05, 0.1) is 24.9 Å². The van der Waals surface area contributed by atoms with Gasteiger partial charge in [0.15, 0.2) is 0 Å². The highest BCUT2D eigenvalue weighted by Gasteiger charge is 2.62. The molecule has 2 aliphatic carbocycles. The van der Waals surface area contributed by atoms with Crippen LogP contribution in [0.25, 0.3) is 6.08 Å². The minimum Gasteiger partial charge on any atom is -0.449 e. The second-order valence-corrected chi connectivity index (χ2v) is 16.5. The number of hydrogen-bond acceptors (Lipinski definition) is 9. The molecule has 0 radical (unpaired) electrons. The SMILES string of the molecule is C=C[C@@H]1C[C@@]1(NC(=O)[C@@H]1C[C@@H]2CN1C(=O)[C@H](C(C)(C)C)NC(=O)OCC/C=C/c1cccc3c1CN(C3)C(=O)O2)C(=O)NS(=O)(=O)C1CC1. The Bertz CT molecular complexity index is 1720. The zero-order valence-corrected chi connectivity index (χ0v) is 28.7. The third-order valence-corrected chi connectivity index (χ3v) is 11.7. The van der Waals surface area contributed by atoms with Crippen LogP contribution in [0.3, 0.4) is 0 Å². The van der Waals surface area contributed by atoms with Crippen molar-refractivity contribution in [1.82, 2.24) is 25.2 Å². The minimum atomic E-state index is -3.90. The van der Waals surface area contributed by atoms with Crippen LogP contribution in [0.5, 0.6) is 0 Å². The summed E-state index contributed by atoms with van der Waals surface area (Å²) in [6.45, 7) is 9.54. The van der Waals surface area contributed by atoms with Gasteiger partial charge in [0.1, 0.15) is 23.7 Å². The van der Waals surface area contributed by atoms with Crippen molar-refractivity contribution in [3.8, 4) is 0 Å². The largest absolute Gasteiger partial charge is 0.449 e. The van der Waals surface area contributed by atoms with Gasteiger partial charge < -0.3 is 25.0 Å². The lowest BCUT2D eigenvalue weighted by atomic mass is 9.85. The first-order chi connectivity index (χ1) is 23.1. The molecule has 5 amide bonds. The smallest absolute Gasteiger partial charge is 0.410 e. The maximum Gasteiger partial charge on any atom is 0.410 e. The van der Waals surface area contributed by atoms with Crippen molar-refractivity contribution >= 4 is 46.0 Å². The predicted octanol–water partition coefficient (Wildman–Crippen LogP) is 2.34. The third kappa shape index (κ3) is 7.03. The van der Waals surface area contributed by atoms with Crippen LogP contribution >= 0.6 is 0 Å². The normalized spacial score (nSPS) is 29.5. The van der Waals surface area contributed by atoms with E-state index in [1.807, 2.05) is 30.4 Å². The number of ether oxygens (including phenoxy) is 2. The van der Waals surface area contributed by atoms with Crippen LogP contribution in [0.1, 0.15) is 69.6 Å². The van der Waals surface area contributed by atoms with E-state index >= 15 is 0 Å². The minimum absolute atomic E-state index is 0.0583. The zero-order valence-electron chi connectivity index (χ0n) is 27.9. The van der Waals surface area contributed by atoms with Gasteiger partial charge in [-0.3, -0.25) is 24.0 Å². The summed E-state index contributed by atoms with van der Waals surface area (Å²) in [5, 5.41) is 4.74. The van der Waals surface area contributed by atoms with E-state index in [9.17, 15) is 32.4 Å². The molecule has 1 aromatic carbocycles. The first kappa shape index (κ1) is 34.5. The number of carbonyl (C=O) groups is 5. The van der Waals surface area contributed by atoms with Crippen molar-refractivity contribution < 1.29 is 41.9 Å². The van der Waals surface area contributed by atoms with Crippen LogP contribution in [0.4, 0.5) is 9.59 Å². The van der Waals surface area contributed by atoms with E-state index in [2.05, 4.69) is 21.9 Å². The summed E-state index contributed by atoms with van der Waals surface area (Å²) in [5.74, 6) is -2.73. The molecule has 264 valence electrons. The number of nitrogens with one attached hydrogen (secondary N) is 3. The lowest BCUT2D eigenvalue weighted by molar-refractivity contribution is -0.142. The zero-order chi connectivity index (χ0) is 35.3. The molecule has 3 heterocycles. The molecule has 0 unspecified atom stereocenters. The van der Waals surface area contributed by atoms with Gasteiger partial charge >= 0.3 is 12.2 Å². The Hall–Kier alpha value is -4.40. The van der Waals surface area contributed by atoms with Gasteiger partial charge in [0.2, 0.25) is 21.8 Å². The highest BCUT2D eigenvalue weighted by atomic mass is 32.2. The quantitative estimate of drug-likeness (QED) is 0.376. The van der Waals surface area contributed by atoms with E-state index < -0.39 is 80.2 Å². The molecule has 1 saturated heterocycles. The second-order valence-electron chi connectivity index (χ2n) is 14.5. The molecule has 1 aromatic rings. The molecule has 6 rings (SSSR count). The lowest BCUT2D eigenvalue weighted by Crippen LogP contribution is -2.60. The second kappa shape index (κ2) is 12.8. The number of hydrogen-bond donors (Lipinski definition) is 3. The van der Waals surface area contributed by atoms with Gasteiger partial charge in [-0.15, -0.1) is 6.58 Å². The lowest BCUT2D eigenvalue weighted by Gasteiger charge is -2.35. The van der Waals surface area contributed by atoms with Gasteiger partial charge in [-0.05, 0) is 47.8 Å². The number of sulfonamides is 1. The standard InChI is InChI=1S/C34H43N5O9S/c1-5-22-16-34(22,30(42)37-49(45,46)24-12-13-24)36-28(40)26-15-23-18-39(26)29(41)27(33(2,3)4)35-31(43)47-14-7-6-9-20-10-8-11-21-17-38(19-25(20)21)32(44)48-23/h5-6,8-11,22-24,26-27H,1,7,12-19H2,2-4H3,(H,35,43)(H,36,40)(H,37,42)/b9-6+/t22-,23-,26+,27-,34+/m1/s1. The Kier molecular flexibility index (Phi) is 9.01. The molecule has 15 heteroatoms. The summed E-state index contributed by atoms with van der Waals surface area (Å²) in [7, 11) is -3.90. The molecule has 2 saturated carbocycles. The summed E-state index contributed by atoms with van der Waals surface area (Å²) in [5.41, 5.74) is 0.467. The number of carbonyl (C=O) groups excluding carboxylic acids is 5. The Morgan fingerprint density at radius 1 is 1.14 bits per heavy atom. The molecule has 5 aliphatic rings. The van der Waals surface area contributed by atoms with Crippen LogP contribution in [0.15, 0.2) is 36.9 Å². The first-order valence-corrected chi connectivity index (χ1v) is 18.1. The van der Waals surface area contributed by atoms with Gasteiger partial charge in [-0.1, -0.05) is 57.2 Å². The maximum absolute atomic E-state index is 14.3. The monoisotopic (exact) mass is 697 g/mol. The van der Waals surface area contributed by atoms with Crippen molar-refractivity contribution in [2.24, 2.45) is 11.3 Å². The summed E-state index contributed by atoms with van der Waals surface area (Å²) >= 11 is 0. The molecule has 0 aromatic heterocycles. The van der Waals surface area contributed by atoms with E-state index in [1.54, 1.807) is 25.7 Å². The fraction of sp³-hybridized carbons (Fsp3) is 0.559. The molecule has 5 atom stereocenters. The third-order valence-electron chi connectivity index (χ3n) is 9.83. The number of cyclic esters (lactones) is 1. The van der Waals surface area contributed by atoms with Crippen LogP contribution in [-0.4, -0.2) is 90.3 Å². The molecule has 0 spiro atoms. The fourth-order valence-electron chi connectivity index (χ4n) is 6.75. The number of alkyl carbamates (subject to hydrolysis) is 1. The Labute approximate surface area is 285 Å². The topological polar surface area (TPSA) is 181 Å². The number of benzene rings is 1. The van der Waals surface area contributed by atoms with Crippen molar-refractivity contribution in [3.63, 3.8) is 0 Å². The molecule has 3 aliphatic heterocycles. The fourth-order valence-corrected chi connectivity index (χ4v) is 8.11. The number of rotatable bonds is 6.